The molecule has 0 aromatic carbocycles. The highest BCUT2D eigenvalue weighted by Crippen LogP contribution is 2.02. The number of hydrogen-bond acceptors (Lipinski definition) is 3. The van der Waals surface area contributed by atoms with Gasteiger partial charge in [-0.25, -0.2) is 0 Å². The SMILES string of the molecule is CC(CO)CCCNC(=O)C(C)CN. The van der Waals surface area contributed by atoms with Crippen LogP contribution in [0.15, 0.2) is 0 Å². The van der Waals surface area contributed by atoms with E-state index in [0.717, 1.165) is 12.8 Å². The summed E-state index contributed by atoms with van der Waals surface area (Å²) < 4.78 is 0. The van der Waals surface area contributed by atoms with Crippen LogP contribution in [0.25, 0.3) is 0 Å². The fourth-order valence-corrected chi connectivity index (χ4v) is 1.03. The van der Waals surface area contributed by atoms with Gasteiger partial charge in [0.15, 0.2) is 0 Å². The second-order valence-electron chi connectivity index (χ2n) is 3.86. The smallest absolute Gasteiger partial charge is 0.224 e. The number of carbonyl (C=O) groups excluding carboxylic acids is 1. The molecule has 0 saturated heterocycles. The summed E-state index contributed by atoms with van der Waals surface area (Å²) in [5.74, 6) is 0.230. The molecule has 0 bridgehead atoms. The van der Waals surface area contributed by atoms with Crippen molar-refractivity contribution in [2.75, 3.05) is 19.7 Å². The summed E-state index contributed by atoms with van der Waals surface area (Å²) in [6, 6.07) is 0. The van der Waals surface area contributed by atoms with Crippen LogP contribution in [0.4, 0.5) is 0 Å². The monoisotopic (exact) mass is 202 g/mol. The summed E-state index contributed by atoms with van der Waals surface area (Å²) >= 11 is 0. The fourth-order valence-electron chi connectivity index (χ4n) is 1.03. The van der Waals surface area contributed by atoms with Crippen LogP contribution >= 0.6 is 0 Å². The van der Waals surface area contributed by atoms with E-state index in [1.54, 1.807) is 0 Å². The zero-order valence-corrected chi connectivity index (χ0v) is 9.12. The van der Waals surface area contributed by atoms with Crippen molar-refractivity contribution < 1.29 is 9.90 Å². The molecule has 84 valence electrons. The molecule has 0 saturated carbocycles. The Morgan fingerprint density at radius 2 is 2.14 bits per heavy atom. The van der Waals surface area contributed by atoms with Gasteiger partial charge in [0.2, 0.25) is 5.91 Å². The van der Waals surface area contributed by atoms with Gasteiger partial charge in [-0.1, -0.05) is 13.8 Å². The Labute approximate surface area is 85.9 Å². The molecule has 0 aliphatic heterocycles. The lowest BCUT2D eigenvalue weighted by Gasteiger charge is -2.11. The Morgan fingerprint density at radius 3 is 2.64 bits per heavy atom. The van der Waals surface area contributed by atoms with Crippen molar-refractivity contribution in [2.45, 2.75) is 26.7 Å². The number of aliphatic hydroxyl groups is 1. The molecule has 0 fully saturated rings. The summed E-state index contributed by atoms with van der Waals surface area (Å²) in [4.78, 5) is 11.2. The number of amides is 1. The third-order valence-electron chi connectivity index (χ3n) is 2.29. The number of nitrogens with one attached hydrogen (secondary N) is 1. The average molecular weight is 202 g/mol. The van der Waals surface area contributed by atoms with Crippen molar-refractivity contribution in [3.8, 4) is 0 Å². The molecule has 14 heavy (non-hydrogen) atoms. The van der Waals surface area contributed by atoms with Gasteiger partial charge in [0.1, 0.15) is 0 Å². The molecule has 4 N–H and O–H groups in total. The normalized spacial score (nSPS) is 14.9. The Balaban J connectivity index is 3.40. The van der Waals surface area contributed by atoms with Gasteiger partial charge in [-0.2, -0.15) is 0 Å². The predicted molar refractivity (Wildman–Crippen MR) is 56.7 cm³/mol. The first-order valence-electron chi connectivity index (χ1n) is 5.20. The molecule has 2 unspecified atom stereocenters. The molecular formula is C10H22N2O2. The predicted octanol–water partition coefficient (Wildman–Crippen LogP) is 0.106. The Kier molecular flexibility index (Phi) is 7.42. The molecule has 0 spiro atoms. The van der Waals surface area contributed by atoms with Crippen LogP contribution in [-0.2, 0) is 4.79 Å². The number of hydrogen-bond donors (Lipinski definition) is 3. The van der Waals surface area contributed by atoms with Gasteiger partial charge >= 0.3 is 0 Å². The number of carbonyl (C=O) groups is 1. The minimum atomic E-state index is -0.106. The first-order valence-corrected chi connectivity index (χ1v) is 5.20. The van der Waals surface area contributed by atoms with Gasteiger partial charge in [0, 0.05) is 25.6 Å². The first kappa shape index (κ1) is 13.4. The summed E-state index contributed by atoms with van der Waals surface area (Å²) in [6.07, 6.45) is 1.85. The second-order valence-corrected chi connectivity index (χ2v) is 3.86. The van der Waals surface area contributed by atoms with E-state index in [2.05, 4.69) is 5.32 Å². The van der Waals surface area contributed by atoms with Gasteiger partial charge in [-0.15, -0.1) is 0 Å². The Hall–Kier alpha value is -0.610. The van der Waals surface area contributed by atoms with Crippen LogP contribution < -0.4 is 11.1 Å². The number of rotatable bonds is 7. The molecule has 0 aromatic heterocycles. The van der Waals surface area contributed by atoms with E-state index in [1.165, 1.54) is 0 Å². The van der Waals surface area contributed by atoms with Crippen molar-refractivity contribution in [1.29, 1.82) is 0 Å². The molecule has 0 aromatic rings. The quantitative estimate of drug-likeness (QED) is 0.513. The van der Waals surface area contributed by atoms with E-state index in [0.29, 0.717) is 19.0 Å². The topological polar surface area (TPSA) is 75.3 Å². The molecule has 4 heteroatoms. The minimum Gasteiger partial charge on any atom is -0.396 e. The van der Waals surface area contributed by atoms with Gasteiger partial charge in [0.25, 0.3) is 0 Å². The lowest BCUT2D eigenvalue weighted by atomic mass is 10.1. The molecule has 0 radical (unpaired) electrons. The van der Waals surface area contributed by atoms with Crippen LogP contribution in [-0.4, -0.2) is 30.7 Å². The maximum atomic E-state index is 11.2. The van der Waals surface area contributed by atoms with Crippen molar-refractivity contribution >= 4 is 5.91 Å². The fraction of sp³-hybridized carbons (Fsp3) is 0.900. The highest BCUT2D eigenvalue weighted by molar-refractivity contribution is 5.78. The van der Waals surface area contributed by atoms with Crippen molar-refractivity contribution in [3.05, 3.63) is 0 Å². The van der Waals surface area contributed by atoms with Crippen molar-refractivity contribution in [1.82, 2.24) is 5.32 Å². The number of nitrogens with two attached hydrogens (primary N) is 1. The van der Waals surface area contributed by atoms with Crippen LogP contribution in [0.2, 0.25) is 0 Å². The summed E-state index contributed by atoms with van der Waals surface area (Å²) in [5.41, 5.74) is 5.35. The molecule has 0 aliphatic rings. The standard InChI is InChI=1S/C10H22N2O2/c1-8(7-13)4-3-5-12-10(14)9(2)6-11/h8-9,13H,3-7,11H2,1-2H3,(H,12,14). The van der Waals surface area contributed by atoms with Gasteiger partial charge in [-0.3, -0.25) is 4.79 Å². The molecule has 0 rings (SSSR count). The van der Waals surface area contributed by atoms with Gasteiger partial charge in [-0.05, 0) is 18.8 Å². The van der Waals surface area contributed by atoms with Crippen LogP contribution in [0.3, 0.4) is 0 Å². The highest BCUT2D eigenvalue weighted by Gasteiger charge is 2.09. The van der Waals surface area contributed by atoms with E-state index >= 15 is 0 Å². The van der Waals surface area contributed by atoms with E-state index in [9.17, 15) is 4.79 Å². The van der Waals surface area contributed by atoms with Crippen molar-refractivity contribution in [2.24, 2.45) is 17.6 Å². The number of aliphatic hydroxyl groups excluding tert-OH is 1. The van der Waals surface area contributed by atoms with Gasteiger partial charge < -0.3 is 16.2 Å². The lowest BCUT2D eigenvalue weighted by molar-refractivity contribution is -0.124. The third kappa shape index (κ3) is 5.94. The molecule has 2 atom stereocenters. The van der Waals surface area contributed by atoms with Crippen LogP contribution in [0.1, 0.15) is 26.7 Å². The molecule has 4 nitrogen and oxygen atoms in total. The third-order valence-corrected chi connectivity index (χ3v) is 2.29. The zero-order chi connectivity index (χ0) is 11.0. The lowest BCUT2D eigenvalue weighted by Crippen LogP contribution is -2.33. The molecule has 0 heterocycles. The van der Waals surface area contributed by atoms with E-state index < -0.39 is 0 Å². The summed E-state index contributed by atoms with van der Waals surface area (Å²) in [7, 11) is 0. The average Bonchev–Trinajstić information content (AvgIpc) is 2.22. The maximum Gasteiger partial charge on any atom is 0.224 e. The van der Waals surface area contributed by atoms with E-state index in [1.807, 2.05) is 13.8 Å². The Bertz CT molecular complexity index is 162. The molecular weight excluding hydrogens is 180 g/mol. The summed E-state index contributed by atoms with van der Waals surface area (Å²) in [6.45, 7) is 5.08. The molecule has 0 aliphatic carbocycles. The van der Waals surface area contributed by atoms with E-state index in [-0.39, 0.29) is 18.4 Å². The van der Waals surface area contributed by atoms with Crippen LogP contribution in [0, 0.1) is 11.8 Å². The minimum absolute atomic E-state index is 0.0177. The highest BCUT2D eigenvalue weighted by atomic mass is 16.3. The summed E-state index contributed by atoms with van der Waals surface area (Å²) in [5, 5.41) is 11.6. The second kappa shape index (κ2) is 7.76. The van der Waals surface area contributed by atoms with Gasteiger partial charge in [0.05, 0.1) is 0 Å². The van der Waals surface area contributed by atoms with Crippen LogP contribution in [0.5, 0.6) is 0 Å². The maximum absolute atomic E-state index is 11.2. The van der Waals surface area contributed by atoms with E-state index in [4.69, 9.17) is 10.8 Å². The zero-order valence-electron chi connectivity index (χ0n) is 9.12. The molecule has 1 amide bonds. The first-order chi connectivity index (χ1) is 6.61. The Morgan fingerprint density at radius 1 is 1.50 bits per heavy atom. The van der Waals surface area contributed by atoms with Crippen molar-refractivity contribution in [3.63, 3.8) is 0 Å². The largest absolute Gasteiger partial charge is 0.396 e.